The van der Waals surface area contributed by atoms with E-state index in [2.05, 4.69) is 15.3 Å². The number of hydrogen-bond acceptors (Lipinski definition) is 5. The molecule has 0 saturated carbocycles. The van der Waals surface area contributed by atoms with Crippen molar-refractivity contribution in [2.24, 2.45) is 0 Å². The van der Waals surface area contributed by atoms with Crippen molar-refractivity contribution in [3.8, 4) is 5.75 Å². The first-order valence-corrected chi connectivity index (χ1v) is 6.55. The highest BCUT2D eigenvalue weighted by Gasteiger charge is 2.08. The number of rotatable bonds is 6. The van der Waals surface area contributed by atoms with Gasteiger partial charge in [0, 0.05) is 12.2 Å². The Kier molecular flexibility index (Phi) is 4.71. The van der Waals surface area contributed by atoms with Gasteiger partial charge in [0.25, 0.3) is 0 Å². The molecule has 0 unspecified atom stereocenters. The van der Waals surface area contributed by atoms with E-state index >= 15 is 0 Å². The monoisotopic (exact) mass is 287 g/mol. The molecule has 21 heavy (non-hydrogen) atoms. The molecule has 1 heterocycles. The molecule has 0 amide bonds. The molecule has 0 aliphatic heterocycles. The minimum Gasteiger partial charge on any atom is -0.496 e. The van der Waals surface area contributed by atoms with Gasteiger partial charge in [-0.2, -0.15) is 0 Å². The summed E-state index contributed by atoms with van der Waals surface area (Å²) in [6, 6.07) is 9.19. The summed E-state index contributed by atoms with van der Waals surface area (Å²) in [6.45, 7) is 2.32. The number of benzene rings is 1. The number of aryl methyl sites for hydroxylation is 1. The highest BCUT2D eigenvalue weighted by molar-refractivity contribution is 5.85. The van der Waals surface area contributed by atoms with Gasteiger partial charge in [-0.3, -0.25) is 0 Å². The van der Waals surface area contributed by atoms with E-state index in [0.29, 0.717) is 18.2 Å². The summed E-state index contributed by atoms with van der Waals surface area (Å²) in [6.07, 6.45) is 0.726. The molecule has 0 spiro atoms. The molecule has 2 rings (SSSR count). The van der Waals surface area contributed by atoms with Gasteiger partial charge in [0.1, 0.15) is 5.75 Å². The summed E-state index contributed by atoms with van der Waals surface area (Å²) in [4.78, 5) is 19.1. The van der Waals surface area contributed by atoms with Crippen molar-refractivity contribution in [2.45, 2.75) is 13.3 Å². The lowest BCUT2D eigenvalue weighted by Crippen LogP contribution is -2.12. The maximum absolute atomic E-state index is 10.9. The van der Waals surface area contributed by atoms with Gasteiger partial charge in [-0.05, 0) is 31.0 Å². The predicted octanol–water partition coefficient (Wildman–Crippen LogP) is 2.15. The third-order valence-corrected chi connectivity index (χ3v) is 2.94. The molecule has 0 saturated heterocycles. The zero-order chi connectivity index (χ0) is 15.2. The van der Waals surface area contributed by atoms with Crippen LogP contribution in [0.4, 0.5) is 5.95 Å². The van der Waals surface area contributed by atoms with Gasteiger partial charge in [-0.1, -0.05) is 18.2 Å². The molecule has 0 aliphatic carbocycles. The van der Waals surface area contributed by atoms with E-state index in [0.717, 1.165) is 17.7 Å². The second-order valence-electron chi connectivity index (χ2n) is 4.51. The molecule has 1 aromatic carbocycles. The summed E-state index contributed by atoms with van der Waals surface area (Å²) < 4.78 is 5.28. The first-order chi connectivity index (χ1) is 10.1. The van der Waals surface area contributed by atoms with Gasteiger partial charge in [-0.25, -0.2) is 14.8 Å². The van der Waals surface area contributed by atoms with Gasteiger partial charge in [-0.15, -0.1) is 0 Å². The zero-order valence-electron chi connectivity index (χ0n) is 12.0. The van der Waals surface area contributed by atoms with E-state index in [1.165, 1.54) is 6.07 Å². The van der Waals surface area contributed by atoms with Crippen LogP contribution in [0.5, 0.6) is 5.75 Å². The molecule has 2 aromatic rings. The molecule has 110 valence electrons. The van der Waals surface area contributed by atoms with E-state index in [1.807, 2.05) is 24.3 Å². The number of aromatic carboxylic acids is 1. The topological polar surface area (TPSA) is 84.3 Å². The summed E-state index contributed by atoms with van der Waals surface area (Å²) in [5.41, 5.74) is 1.67. The van der Waals surface area contributed by atoms with Crippen molar-refractivity contribution in [1.29, 1.82) is 0 Å². The Morgan fingerprint density at radius 2 is 2.10 bits per heavy atom. The van der Waals surface area contributed by atoms with Crippen molar-refractivity contribution in [1.82, 2.24) is 9.97 Å². The second kappa shape index (κ2) is 6.69. The van der Waals surface area contributed by atoms with Crippen molar-refractivity contribution < 1.29 is 14.6 Å². The number of methoxy groups -OCH3 is 1. The summed E-state index contributed by atoms with van der Waals surface area (Å²) in [5.74, 6) is 0.0891. The number of hydrogen-bond donors (Lipinski definition) is 2. The van der Waals surface area contributed by atoms with Crippen LogP contribution in [0.1, 0.15) is 21.7 Å². The Morgan fingerprint density at radius 3 is 2.81 bits per heavy atom. The molecule has 2 N–H and O–H groups in total. The van der Waals surface area contributed by atoms with Crippen LogP contribution in [0.2, 0.25) is 0 Å². The molecule has 1 aromatic heterocycles. The molecule has 6 nitrogen and oxygen atoms in total. The molecule has 0 radical (unpaired) electrons. The minimum absolute atomic E-state index is 0.0118. The molecular weight excluding hydrogens is 270 g/mol. The number of aromatic nitrogens is 2. The fourth-order valence-corrected chi connectivity index (χ4v) is 1.98. The lowest BCUT2D eigenvalue weighted by atomic mass is 10.1. The first kappa shape index (κ1) is 14.8. The van der Waals surface area contributed by atoms with Crippen LogP contribution in [0.15, 0.2) is 30.3 Å². The van der Waals surface area contributed by atoms with E-state index in [9.17, 15) is 4.79 Å². The molecule has 0 fully saturated rings. The molecular formula is C15H17N3O3. The number of nitrogens with one attached hydrogen (secondary N) is 1. The van der Waals surface area contributed by atoms with Crippen molar-refractivity contribution in [3.05, 3.63) is 47.3 Å². The Hall–Kier alpha value is -2.63. The lowest BCUT2D eigenvalue weighted by Gasteiger charge is -2.09. The summed E-state index contributed by atoms with van der Waals surface area (Å²) >= 11 is 0. The summed E-state index contributed by atoms with van der Waals surface area (Å²) in [5, 5.41) is 12.0. The van der Waals surface area contributed by atoms with E-state index in [-0.39, 0.29) is 5.69 Å². The van der Waals surface area contributed by atoms with Gasteiger partial charge in [0.05, 0.1) is 7.11 Å². The van der Waals surface area contributed by atoms with Crippen LogP contribution in [-0.2, 0) is 6.42 Å². The van der Waals surface area contributed by atoms with E-state index in [1.54, 1.807) is 14.0 Å². The van der Waals surface area contributed by atoms with Gasteiger partial charge < -0.3 is 15.2 Å². The fourth-order valence-electron chi connectivity index (χ4n) is 1.98. The Labute approximate surface area is 122 Å². The number of carboxylic acids is 1. The maximum atomic E-state index is 10.9. The highest BCUT2D eigenvalue weighted by Crippen LogP contribution is 2.17. The zero-order valence-corrected chi connectivity index (χ0v) is 12.0. The highest BCUT2D eigenvalue weighted by atomic mass is 16.5. The normalized spacial score (nSPS) is 10.2. The largest absolute Gasteiger partial charge is 0.496 e. The second-order valence-corrected chi connectivity index (χ2v) is 4.51. The minimum atomic E-state index is -1.06. The molecule has 6 heteroatoms. The van der Waals surface area contributed by atoms with E-state index in [4.69, 9.17) is 9.84 Å². The van der Waals surface area contributed by atoms with Crippen molar-refractivity contribution >= 4 is 11.9 Å². The van der Waals surface area contributed by atoms with Crippen LogP contribution >= 0.6 is 0 Å². The van der Waals surface area contributed by atoms with Crippen LogP contribution in [0, 0.1) is 6.92 Å². The third-order valence-electron chi connectivity index (χ3n) is 2.94. The van der Waals surface area contributed by atoms with Crippen LogP contribution in [-0.4, -0.2) is 34.7 Å². The number of ether oxygens (including phenoxy) is 1. The maximum Gasteiger partial charge on any atom is 0.354 e. The number of carboxylic acid groups (broad SMARTS) is 1. The Morgan fingerprint density at radius 1 is 1.33 bits per heavy atom. The number of carbonyl (C=O) groups is 1. The van der Waals surface area contributed by atoms with Crippen LogP contribution < -0.4 is 10.1 Å². The number of anilines is 1. The van der Waals surface area contributed by atoms with Gasteiger partial charge in [0.15, 0.2) is 5.69 Å². The molecule has 0 bridgehead atoms. The van der Waals surface area contributed by atoms with Crippen LogP contribution in [0.25, 0.3) is 0 Å². The van der Waals surface area contributed by atoms with Gasteiger partial charge in [0.2, 0.25) is 5.95 Å². The Balaban J connectivity index is 2.02. The van der Waals surface area contributed by atoms with Crippen LogP contribution in [0.3, 0.4) is 0 Å². The van der Waals surface area contributed by atoms with Crippen molar-refractivity contribution in [2.75, 3.05) is 19.0 Å². The first-order valence-electron chi connectivity index (χ1n) is 6.55. The summed E-state index contributed by atoms with van der Waals surface area (Å²) in [7, 11) is 1.63. The SMILES string of the molecule is COc1ccccc1CCNc1nc(C)cc(C(=O)O)n1. The average Bonchev–Trinajstić information content (AvgIpc) is 2.47. The predicted molar refractivity (Wildman–Crippen MR) is 78.9 cm³/mol. The molecule has 0 atom stereocenters. The fraction of sp³-hybridized carbons (Fsp3) is 0.267. The van der Waals surface area contributed by atoms with Crippen molar-refractivity contribution in [3.63, 3.8) is 0 Å². The quantitative estimate of drug-likeness (QED) is 0.847. The Bertz CT molecular complexity index is 644. The molecule has 0 aliphatic rings. The van der Waals surface area contributed by atoms with Gasteiger partial charge >= 0.3 is 5.97 Å². The van der Waals surface area contributed by atoms with E-state index < -0.39 is 5.97 Å². The standard InChI is InChI=1S/C15H17N3O3/c1-10-9-12(14(19)20)18-15(17-10)16-8-7-11-5-3-4-6-13(11)21-2/h3-6,9H,7-8H2,1-2H3,(H,19,20)(H,16,17,18). The average molecular weight is 287 g/mol. The number of para-hydroxylation sites is 1. The smallest absolute Gasteiger partial charge is 0.354 e. The number of nitrogens with zero attached hydrogens (tertiary/aromatic N) is 2. The third kappa shape index (κ3) is 3.92. The lowest BCUT2D eigenvalue weighted by molar-refractivity contribution is 0.0690.